The largest absolute Gasteiger partial charge is 0.328 e. The average Bonchev–Trinajstić information content (AvgIpc) is 2.81. The molecule has 0 saturated carbocycles. The third kappa shape index (κ3) is 1.99. The summed E-state index contributed by atoms with van der Waals surface area (Å²) in [6.07, 6.45) is 6.49. The standard InChI is InChI=1S/C12H9BrN4O/c13-10-1-8(2-14-4-10)12(18)17-5-9-3-15-7-16-11(9)6-17/h1-4,7H,5-6H2. The summed E-state index contributed by atoms with van der Waals surface area (Å²) in [6.45, 7) is 1.09. The van der Waals surface area contributed by atoms with E-state index in [0.717, 1.165) is 15.7 Å². The summed E-state index contributed by atoms with van der Waals surface area (Å²) in [7, 11) is 0. The molecule has 90 valence electrons. The minimum absolute atomic E-state index is 0.0400. The van der Waals surface area contributed by atoms with Crippen LogP contribution in [0.2, 0.25) is 0 Å². The van der Waals surface area contributed by atoms with E-state index in [1.807, 2.05) is 0 Å². The van der Waals surface area contributed by atoms with Crippen molar-refractivity contribution in [3.8, 4) is 0 Å². The van der Waals surface area contributed by atoms with Crippen LogP contribution in [0.1, 0.15) is 21.6 Å². The van der Waals surface area contributed by atoms with Gasteiger partial charge in [0, 0.05) is 35.2 Å². The zero-order chi connectivity index (χ0) is 12.5. The molecule has 5 nitrogen and oxygen atoms in total. The number of aromatic nitrogens is 3. The van der Waals surface area contributed by atoms with Crippen LogP contribution in [-0.2, 0) is 13.1 Å². The maximum absolute atomic E-state index is 12.3. The Hall–Kier alpha value is -1.82. The third-order valence-electron chi connectivity index (χ3n) is 2.82. The highest BCUT2D eigenvalue weighted by Crippen LogP contribution is 2.22. The first-order chi connectivity index (χ1) is 8.74. The summed E-state index contributed by atoms with van der Waals surface area (Å²) in [4.78, 5) is 26.2. The predicted octanol–water partition coefficient (Wildman–Crippen LogP) is 1.79. The number of fused-ring (bicyclic) bond motifs is 1. The highest BCUT2D eigenvalue weighted by molar-refractivity contribution is 9.10. The van der Waals surface area contributed by atoms with E-state index in [-0.39, 0.29) is 5.91 Å². The molecular formula is C12H9BrN4O. The summed E-state index contributed by atoms with van der Waals surface area (Å²) >= 11 is 3.31. The molecular weight excluding hydrogens is 296 g/mol. The fourth-order valence-electron chi connectivity index (χ4n) is 1.96. The Morgan fingerprint density at radius 3 is 2.89 bits per heavy atom. The SMILES string of the molecule is O=C(c1cncc(Br)c1)N1Cc2cncnc2C1. The zero-order valence-electron chi connectivity index (χ0n) is 9.38. The molecule has 1 amide bonds. The molecule has 0 bridgehead atoms. The van der Waals surface area contributed by atoms with Gasteiger partial charge in [0.05, 0.1) is 17.8 Å². The lowest BCUT2D eigenvalue weighted by atomic mass is 10.2. The van der Waals surface area contributed by atoms with Crippen molar-refractivity contribution in [3.63, 3.8) is 0 Å². The van der Waals surface area contributed by atoms with Crippen LogP contribution >= 0.6 is 15.9 Å². The number of halogens is 1. The van der Waals surface area contributed by atoms with Gasteiger partial charge in [-0.05, 0) is 22.0 Å². The lowest BCUT2D eigenvalue weighted by Crippen LogP contribution is -2.25. The lowest BCUT2D eigenvalue weighted by Gasteiger charge is -2.14. The molecule has 0 atom stereocenters. The lowest BCUT2D eigenvalue weighted by molar-refractivity contribution is 0.0750. The molecule has 2 aromatic heterocycles. The molecule has 0 spiro atoms. The van der Waals surface area contributed by atoms with E-state index >= 15 is 0 Å². The van der Waals surface area contributed by atoms with Crippen molar-refractivity contribution in [2.45, 2.75) is 13.1 Å². The summed E-state index contributed by atoms with van der Waals surface area (Å²) in [5, 5.41) is 0. The monoisotopic (exact) mass is 304 g/mol. The van der Waals surface area contributed by atoms with Crippen molar-refractivity contribution in [1.29, 1.82) is 0 Å². The minimum Gasteiger partial charge on any atom is -0.328 e. The maximum Gasteiger partial charge on any atom is 0.256 e. The smallest absolute Gasteiger partial charge is 0.256 e. The van der Waals surface area contributed by atoms with Crippen LogP contribution in [0.4, 0.5) is 0 Å². The zero-order valence-corrected chi connectivity index (χ0v) is 11.0. The van der Waals surface area contributed by atoms with Crippen molar-refractivity contribution < 1.29 is 4.79 Å². The highest BCUT2D eigenvalue weighted by Gasteiger charge is 2.25. The van der Waals surface area contributed by atoms with Gasteiger partial charge in [0.2, 0.25) is 0 Å². The van der Waals surface area contributed by atoms with Gasteiger partial charge in [0.1, 0.15) is 6.33 Å². The van der Waals surface area contributed by atoms with Gasteiger partial charge in [-0.15, -0.1) is 0 Å². The first-order valence-electron chi connectivity index (χ1n) is 5.41. The highest BCUT2D eigenvalue weighted by atomic mass is 79.9. The van der Waals surface area contributed by atoms with Crippen molar-refractivity contribution in [2.75, 3.05) is 0 Å². The quantitative estimate of drug-likeness (QED) is 0.806. The number of amides is 1. The average molecular weight is 305 g/mol. The van der Waals surface area contributed by atoms with Crippen molar-refractivity contribution in [2.24, 2.45) is 0 Å². The van der Waals surface area contributed by atoms with Crippen LogP contribution in [0.5, 0.6) is 0 Å². The molecule has 1 aliphatic heterocycles. The van der Waals surface area contributed by atoms with E-state index in [2.05, 4.69) is 30.9 Å². The van der Waals surface area contributed by atoms with E-state index < -0.39 is 0 Å². The van der Waals surface area contributed by atoms with Crippen molar-refractivity contribution >= 4 is 21.8 Å². The van der Waals surface area contributed by atoms with Crippen LogP contribution in [0.15, 0.2) is 35.5 Å². The van der Waals surface area contributed by atoms with Crippen molar-refractivity contribution in [3.05, 3.63) is 52.3 Å². The Morgan fingerprint density at radius 1 is 1.22 bits per heavy atom. The van der Waals surface area contributed by atoms with Crippen LogP contribution in [0.25, 0.3) is 0 Å². The number of hydrogen-bond acceptors (Lipinski definition) is 4. The molecule has 3 rings (SSSR count). The first kappa shape index (κ1) is 11.3. The second kappa shape index (κ2) is 4.45. The molecule has 0 aromatic carbocycles. The van der Waals surface area contributed by atoms with E-state index in [0.29, 0.717) is 18.7 Å². The number of hydrogen-bond donors (Lipinski definition) is 0. The van der Waals surface area contributed by atoms with Crippen molar-refractivity contribution in [1.82, 2.24) is 19.9 Å². The fraction of sp³-hybridized carbons (Fsp3) is 0.167. The molecule has 0 saturated heterocycles. The van der Waals surface area contributed by atoms with Gasteiger partial charge in [-0.25, -0.2) is 9.97 Å². The number of carbonyl (C=O) groups excluding carboxylic acids is 1. The summed E-state index contributed by atoms with van der Waals surface area (Å²) in [6, 6.07) is 1.77. The Balaban J connectivity index is 1.84. The number of pyridine rings is 1. The molecule has 0 N–H and O–H groups in total. The number of nitrogens with zero attached hydrogens (tertiary/aromatic N) is 4. The van der Waals surface area contributed by atoms with E-state index in [1.165, 1.54) is 6.33 Å². The Kier molecular flexibility index (Phi) is 2.79. The molecule has 6 heteroatoms. The summed E-state index contributed by atoms with van der Waals surface area (Å²) in [5.41, 5.74) is 2.50. The summed E-state index contributed by atoms with van der Waals surface area (Å²) < 4.78 is 0.796. The fourth-order valence-corrected chi connectivity index (χ4v) is 2.32. The Labute approximate surface area is 112 Å². The maximum atomic E-state index is 12.3. The van der Waals surface area contributed by atoms with E-state index in [1.54, 1.807) is 29.6 Å². The molecule has 0 unspecified atom stereocenters. The predicted molar refractivity (Wildman–Crippen MR) is 67.5 cm³/mol. The second-order valence-electron chi connectivity index (χ2n) is 4.05. The summed E-state index contributed by atoms with van der Waals surface area (Å²) in [5.74, 6) is -0.0400. The molecule has 18 heavy (non-hydrogen) atoms. The number of carbonyl (C=O) groups is 1. The molecule has 2 aromatic rings. The minimum atomic E-state index is -0.0400. The molecule has 3 heterocycles. The normalized spacial score (nSPS) is 13.5. The molecule has 0 radical (unpaired) electrons. The molecule has 0 aliphatic carbocycles. The third-order valence-corrected chi connectivity index (χ3v) is 3.26. The van der Waals surface area contributed by atoms with Gasteiger partial charge in [0.15, 0.2) is 0 Å². The topological polar surface area (TPSA) is 59.0 Å². The second-order valence-corrected chi connectivity index (χ2v) is 4.96. The first-order valence-corrected chi connectivity index (χ1v) is 6.21. The van der Waals surface area contributed by atoms with E-state index in [4.69, 9.17) is 0 Å². The van der Waals surface area contributed by atoms with Crippen LogP contribution < -0.4 is 0 Å². The van der Waals surface area contributed by atoms with Gasteiger partial charge in [-0.3, -0.25) is 9.78 Å². The van der Waals surface area contributed by atoms with Crippen LogP contribution in [-0.4, -0.2) is 25.8 Å². The van der Waals surface area contributed by atoms with Gasteiger partial charge in [0.25, 0.3) is 5.91 Å². The van der Waals surface area contributed by atoms with E-state index in [9.17, 15) is 4.79 Å². The molecule has 1 aliphatic rings. The van der Waals surface area contributed by atoms with Gasteiger partial charge < -0.3 is 4.90 Å². The van der Waals surface area contributed by atoms with Gasteiger partial charge in [-0.1, -0.05) is 0 Å². The van der Waals surface area contributed by atoms with Crippen LogP contribution in [0.3, 0.4) is 0 Å². The number of rotatable bonds is 1. The Morgan fingerprint density at radius 2 is 2.11 bits per heavy atom. The molecule has 0 fully saturated rings. The Bertz CT molecular complexity index is 592. The van der Waals surface area contributed by atoms with Gasteiger partial charge >= 0.3 is 0 Å². The van der Waals surface area contributed by atoms with Gasteiger partial charge in [-0.2, -0.15) is 0 Å². The van der Waals surface area contributed by atoms with Crippen LogP contribution in [0, 0.1) is 0 Å².